The van der Waals surface area contributed by atoms with Gasteiger partial charge in [-0.1, -0.05) is 13.0 Å². The molecular weight excluding hydrogens is 286 g/mol. The fraction of sp³-hybridized carbons (Fsp3) is 0.421. The molecule has 0 unspecified atom stereocenters. The summed E-state index contributed by atoms with van der Waals surface area (Å²) >= 11 is 0. The summed E-state index contributed by atoms with van der Waals surface area (Å²) in [6.45, 7) is 10.8. The number of anilines is 1. The minimum absolute atomic E-state index is 0.377. The van der Waals surface area contributed by atoms with Crippen LogP contribution in [-0.2, 0) is 13.1 Å². The number of aromatic nitrogens is 1. The van der Waals surface area contributed by atoms with Gasteiger partial charge < -0.3 is 10.0 Å². The largest absolute Gasteiger partial charge is 0.508 e. The van der Waals surface area contributed by atoms with Gasteiger partial charge in [-0.25, -0.2) is 0 Å². The third-order valence-corrected chi connectivity index (χ3v) is 4.19. The molecule has 0 aliphatic rings. The molecule has 2 aromatic rings. The number of phenolic OH excluding ortho intramolecular Hbond substituents is 1. The highest BCUT2D eigenvalue weighted by molar-refractivity contribution is 5.53. The van der Waals surface area contributed by atoms with Crippen molar-refractivity contribution in [3.63, 3.8) is 0 Å². The molecule has 2 rings (SSSR count). The van der Waals surface area contributed by atoms with E-state index in [0.29, 0.717) is 5.75 Å². The lowest BCUT2D eigenvalue weighted by Gasteiger charge is -2.24. The van der Waals surface area contributed by atoms with E-state index in [1.165, 1.54) is 5.56 Å². The standard InChI is InChI=1S/C19H27N3O/c1-4-21(14-16-9-11-20-12-10-16)15-17-7-8-18(13-19(17)23)22(5-2)6-3/h7-13,23H,4-6,14-15H2,1-3H3. The molecule has 0 saturated carbocycles. The van der Waals surface area contributed by atoms with Crippen LogP contribution in [-0.4, -0.2) is 34.6 Å². The summed E-state index contributed by atoms with van der Waals surface area (Å²) in [7, 11) is 0. The highest BCUT2D eigenvalue weighted by atomic mass is 16.3. The Labute approximate surface area is 139 Å². The Balaban J connectivity index is 2.08. The lowest BCUT2D eigenvalue weighted by atomic mass is 10.1. The zero-order chi connectivity index (χ0) is 16.7. The molecule has 0 fully saturated rings. The highest BCUT2D eigenvalue weighted by Gasteiger charge is 2.10. The molecule has 0 saturated heterocycles. The van der Waals surface area contributed by atoms with E-state index >= 15 is 0 Å². The molecule has 0 aliphatic heterocycles. The Kier molecular flexibility index (Phi) is 6.41. The number of benzene rings is 1. The quantitative estimate of drug-likeness (QED) is 0.807. The fourth-order valence-corrected chi connectivity index (χ4v) is 2.74. The number of rotatable bonds is 8. The first-order chi connectivity index (χ1) is 11.2. The average molecular weight is 313 g/mol. The first-order valence-electron chi connectivity index (χ1n) is 8.36. The third-order valence-electron chi connectivity index (χ3n) is 4.19. The molecule has 0 spiro atoms. The van der Waals surface area contributed by atoms with Gasteiger partial charge >= 0.3 is 0 Å². The van der Waals surface area contributed by atoms with Crippen LogP contribution < -0.4 is 4.90 Å². The first kappa shape index (κ1) is 17.3. The second-order valence-corrected chi connectivity index (χ2v) is 5.64. The summed E-state index contributed by atoms with van der Waals surface area (Å²) in [4.78, 5) is 8.60. The smallest absolute Gasteiger partial charge is 0.122 e. The average Bonchev–Trinajstić information content (AvgIpc) is 2.58. The van der Waals surface area contributed by atoms with E-state index in [2.05, 4.69) is 41.6 Å². The SMILES string of the molecule is CCN(Cc1ccncc1)Cc1ccc(N(CC)CC)cc1O. The summed E-state index contributed by atoms with van der Waals surface area (Å²) in [6, 6.07) is 10.1. The van der Waals surface area contributed by atoms with E-state index in [9.17, 15) is 5.11 Å². The molecule has 124 valence electrons. The van der Waals surface area contributed by atoms with Crippen LogP contribution in [0.3, 0.4) is 0 Å². The van der Waals surface area contributed by atoms with E-state index in [-0.39, 0.29) is 0 Å². The highest BCUT2D eigenvalue weighted by Crippen LogP contribution is 2.26. The molecule has 4 nitrogen and oxygen atoms in total. The van der Waals surface area contributed by atoms with Gasteiger partial charge in [-0.3, -0.25) is 9.88 Å². The van der Waals surface area contributed by atoms with Crippen LogP contribution >= 0.6 is 0 Å². The maximum Gasteiger partial charge on any atom is 0.122 e. The van der Waals surface area contributed by atoms with Gasteiger partial charge in [-0.15, -0.1) is 0 Å². The maximum absolute atomic E-state index is 10.4. The predicted octanol–water partition coefficient (Wildman–Crippen LogP) is 3.66. The van der Waals surface area contributed by atoms with Crippen LogP contribution in [0.5, 0.6) is 5.75 Å². The summed E-state index contributed by atoms with van der Waals surface area (Å²) in [6.07, 6.45) is 3.64. The second-order valence-electron chi connectivity index (χ2n) is 5.64. The lowest BCUT2D eigenvalue weighted by Crippen LogP contribution is -2.23. The molecule has 1 aromatic carbocycles. The van der Waals surface area contributed by atoms with Crippen molar-refractivity contribution in [2.75, 3.05) is 24.5 Å². The van der Waals surface area contributed by atoms with Crippen molar-refractivity contribution in [3.05, 3.63) is 53.9 Å². The minimum Gasteiger partial charge on any atom is -0.508 e. The fourth-order valence-electron chi connectivity index (χ4n) is 2.74. The zero-order valence-electron chi connectivity index (χ0n) is 14.4. The maximum atomic E-state index is 10.4. The molecule has 0 amide bonds. The molecule has 0 bridgehead atoms. The van der Waals surface area contributed by atoms with Crippen molar-refractivity contribution in [1.29, 1.82) is 0 Å². The van der Waals surface area contributed by atoms with Gasteiger partial charge in [-0.05, 0) is 44.2 Å². The van der Waals surface area contributed by atoms with Crippen molar-refractivity contribution in [2.45, 2.75) is 33.9 Å². The molecule has 4 heteroatoms. The first-order valence-corrected chi connectivity index (χ1v) is 8.36. The van der Waals surface area contributed by atoms with Crippen LogP contribution in [0.1, 0.15) is 31.9 Å². The van der Waals surface area contributed by atoms with Gasteiger partial charge in [0, 0.05) is 55.9 Å². The van der Waals surface area contributed by atoms with E-state index in [1.807, 2.05) is 36.7 Å². The number of hydrogen-bond donors (Lipinski definition) is 1. The summed E-state index contributed by atoms with van der Waals surface area (Å²) in [5, 5.41) is 10.4. The van der Waals surface area contributed by atoms with Crippen molar-refractivity contribution in [2.24, 2.45) is 0 Å². The Morgan fingerprint density at radius 1 is 0.913 bits per heavy atom. The third kappa shape index (κ3) is 4.70. The van der Waals surface area contributed by atoms with Gasteiger partial charge in [0.1, 0.15) is 5.75 Å². The van der Waals surface area contributed by atoms with Gasteiger partial charge in [0.05, 0.1) is 0 Å². The predicted molar refractivity (Wildman–Crippen MR) is 95.7 cm³/mol. The molecule has 23 heavy (non-hydrogen) atoms. The minimum atomic E-state index is 0.377. The molecule has 0 aliphatic carbocycles. The molecule has 0 radical (unpaired) electrons. The number of pyridine rings is 1. The Morgan fingerprint density at radius 3 is 2.17 bits per heavy atom. The van der Waals surface area contributed by atoms with E-state index < -0.39 is 0 Å². The number of aromatic hydroxyl groups is 1. The molecule has 1 N–H and O–H groups in total. The van der Waals surface area contributed by atoms with E-state index in [1.54, 1.807) is 0 Å². The topological polar surface area (TPSA) is 39.6 Å². The molecular formula is C19H27N3O. The lowest BCUT2D eigenvalue weighted by molar-refractivity contribution is 0.267. The molecule has 0 atom stereocenters. The van der Waals surface area contributed by atoms with Crippen molar-refractivity contribution >= 4 is 5.69 Å². The summed E-state index contributed by atoms with van der Waals surface area (Å²) < 4.78 is 0. The van der Waals surface area contributed by atoms with Gasteiger partial charge in [0.15, 0.2) is 0 Å². The van der Waals surface area contributed by atoms with E-state index in [0.717, 1.165) is 44.0 Å². The van der Waals surface area contributed by atoms with Crippen LogP contribution in [0.25, 0.3) is 0 Å². The van der Waals surface area contributed by atoms with Crippen LogP contribution in [0.4, 0.5) is 5.69 Å². The van der Waals surface area contributed by atoms with Crippen LogP contribution in [0.15, 0.2) is 42.7 Å². The van der Waals surface area contributed by atoms with Crippen LogP contribution in [0, 0.1) is 0 Å². The number of phenols is 1. The van der Waals surface area contributed by atoms with E-state index in [4.69, 9.17) is 0 Å². The second kappa shape index (κ2) is 8.53. The van der Waals surface area contributed by atoms with Crippen molar-refractivity contribution in [1.82, 2.24) is 9.88 Å². The van der Waals surface area contributed by atoms with Crippen molar-refractivity contribution in [3.8, 4) is 5.75 Å². The Bertz CT molecular complexity index is 597. The Morgan fingerprint density at radius 2 is 1.61 bits per heavy atom. The van der Waals surface area contributed by atoms with Crippen molar-refractivity contribution < 1.29 is 5.11 Å². The molecule has 1 heterocycles. The Hall–Kier alpha value is -2.07. The van der Waals surface area contributed by atoms with Gasteiger partial charge in [0.25, 0.3) is 0 Å². The normalized spacial score (nSPS) is 11.0. The number of nitrogens with zero attached hydrogens (tertiary/aromatic N) is 3. The summed E-state index contributed by atoms with van der Waals surface area (Å²) in [5.41, 5.74) is 3.28. The molecule has 1 aromatic heterocycles. The zero-order valence-corrected chi connectivity index (χ0v) is 14.4. The summed E-state index contributed by atoms with van der Waals surface area (Å²) in [5.74, 6) is 0.377. The van der Waals surface area contributed by atoms with Gasteiger partial charge in [-0.2, -0.15) is 0 Å². The van der Waals surface area contributed by atoms with Crippen LogP contribution in [0.2, 0.25) is 0 Å². The van der Waals surface area contributed by atoms with Gasteiger partial charge in [0.2, 0.25) is 0 Å². The monoisotopic (exact) mass is 313 g/mol. The number of hydrogen-bond acceptors (Lipinski definition) is 4.